The van der Waals surface area contributed by atoms with Crippen molar-refractivity contribution < 1.29 is 4.79 Å². The lowest BCUT2D eigenvalue weighted by Gasteiger charge is -2.24. The molecule has 2 N–H and O–H groups in total. The van der Waals surface area contributed by atoms with Gasteiger partial charge in [0.05, 0.1) is 18.0 Å². The van der Waals surface area contributed by atoms with Crippen LogP contribution in [0.25, 0.3) is 5.52 Å². The third kappa shape index (κ3) is 1.81. The zero-order valence-corrected chi connectivity index (χ0v) is 10.5. The van der Waals surface area contributed by atoms with Crippen molar-refractivity contribution in [2.75, 3.05) is 6.54 Å². The number of rotatable bonds is 2. The summed E-state index contributed by atoms with van der Waals surface area (Å²) in [4.78, 5) is 16.3. The smallest absolute Gasteiger partial charge is 0.251 e. The first kappa shape index (κ1) is 11.0. The van der Waals surface area contributed by atoms with Crippen LogP contribution in [0.15, 0.2) is 30.9 Å². The van der Waals surface area contributed by atoms with E-state index in [4.69, 9.17) is 0 Å². The van der Waals surface area contributed by atoms with E-state index in [1.165, 1.54) is 6.42 Å². The standard InChI is InChI=1S/C14H16N4O/c19-14(17-13-4-9-3-12(13)16-6-9)10-1-2-18-8-15-7-11(18)5-10/h1-2,5,7-9,12-13,16H,3-4,6H2,(H,17,19)/t9-,12-,13-/m0/s1. The normalized spacial score (nSPS) is 28.9. The molecule has 3 heterocycles. The average molecular weight is 256 g/mol. The molecule has 5 nitrogen and oxygen atoms in total. The van der Waals surface area contributed by atoms with Crippen LogP contribution in [0, 0.1) is 5.92 Å². The van der Waals surface area contributed by atoms with Gasteiger partial charge < -0.3 is 15.0 Å². The number of nitrogens with zero attached hydrogens (tertiary/aromatic N) is 2. The van der Waals surface area contributed by atoms with Crippen molar-refractivity contribution in [2.45, 2.75) is 24.9 Å². The lowest BCUT2D eigenvalue weighted by Crippen LogP contribution is -2.47. The predicted molar refractivity (Wildman–Crippen MR) is 71.0 cm³/mol. The fourth-order valence-electron chi connectivity index (χ4n) is 3.33. The van der Waals surface area contributed by atoms with Gasteiger partial charge in [-0.25, -0.2) is 4.98 Å². The molecule has 2 aromatic rings. The Morgan fingerprint density at radius 1 is 1.47 bits per heavy atom. The number of hydrogen-bond acceptors (Lipinski definition) is 3. The summed E-state index contributed by atoms with van der Waals surface area (Å²) >= 11 is 0. The van der Waals surface area contributed by atoms with Crippen LogP contribution in [0.2, 0.25) is 0 Å². The van der Waals surface area contributed by atoms with E-state index >= 15 is 0 Å². The van der Waals surface area contributed by atoms with Crippen molar-refractivity contribution in [3.05, 3.63) is 36.4 Å². The van der Waals surface area contributed by atoms with E-state index in [0.717, 1.165) is 24.4 Å². The molecule has 0 unspecified atom stereocenters. The SMILES string of the molecule is O=C(N[C@H]1C[C@H]2CN[C@H]1C2)c1ccn2cncc2c1. The molecule has 1 saturated carbocycles. The first-order valence-electron chi connectivity index (χ1n) is 6.75. The molecule has 0 aromatic carbocycles. The minimum Gasteiger partial charge on any atom is -0.348 e. The van der Waals surface area contributed by atoms with Crippen LogP contribution in [0.4, 0.5) is 0 Å². The fourth-order valence-corrected chi connectivity index (χ4v) is 3.33. The topological polar surface area (TPSA) is 58.4 Å². The van der Waals surface area contributed by atoms with Crippen LogP contribution in [0.5, 0.6) is 0 Å². The quantitative estimate of drug-likeness (QED) is 0.836. The highest BCUT2D eigenvalue weighted by Gasteiger charge is 2.39. The molecule has 0 radical (unpaired) electrons. The summed E-state index contributed by atoms with van der Waals surface area (Å²) in [7, 11) is 0. The van der Waals surface area contributed by atoms with Crippen molar-refractivity contribution in [3.63, 3.8) is 0 Å². The largest absolute Gasteiger partial charge is 0.348 e. The third-order valence-corrected chi connectivity index (χ3v) is 4.32. The number of nitrogens with one attached hydrogen (secondary N) is 2. The van der Waals surface area contributed by atoms with E-state index in [1.54, 1.807) is 12.5 Å². The Balaban J connectivity index is 1.53. The van der Waals surface area contributed by atoms with Gasteiger partial charge in [0.25, 0.3) is 5.91 Å². The summed E-state index contributed by atoms with van der Waals surface area (Å²) in [6, 6.07) is 4.47. The Morgan fingerprint density at radius 2 is 2.42 bits per heavy atom. The molecule has 1 aliphatic heterocycles. The number of fused-ring (bicyclic) bond motifs is 3. The summed E-state index contributed by atoms with van der Waals surface area (Å²) in [5, 5.41) is 6.61. The maximum absolute atomic E-state index is 12.3. The zero-order chi connectivity index (χ0) is 12.8. The highest BCUT2D eigenvalue weighted by molar-refractivity contribution is 5.95. The first-order valence-corrected chi connectivity index (χ1v) is 6.75. The van der Waals surface area contributed by atoms with Gasteiger partial charge in [0.15, 0.2) is 0 Å². The van der Waals surface area contributed by atoms with Crippen LogP contribution < -0.4 is 10.6 Å². The monoisotopic (exact) mass is 256 g/mol. The van der Waals surface area contributed by atoms with Crippen molar-refractivity contribution in [1.82, 2.24) is 20.0 Å². The molecule has 2 aromatic heterocycles. The molecular weight excluding hydrogens is 240 g/mol. The molecule has 4 rings (SSSR count). The second-order valence-electron chi connectivity index (χ2n) is 5.57. The van der Waals surface area contributed by atoms with Gasteiger partial charge in [-0.05, 0) is 37.4 Å². The third-order valence-electron chi connectivity index (χ3n) is 4.32. The van der Waals surface area contributed by atoms with Crippen molar-refractivity contribution in [1.29, 1.82) is 0 Å². The van der Waals surface area contributed by atoms with E-state index in [1.807, 2.05) is 22.7 Å². The summed E-state index contributed by atoms with van der Waals surface area (Å²) in [5.41, 5.74) is 1.65. The van der Waals surface area contributed by atoms with Gasteiger partial charge in [0, 0.05) is 23.8 Å². The number of carbonyl (C=O) groups is 1. The Bertz CT molecular complexity index is 635. The molecule has 1 amide bonds. The van der Waals surface area contributed by atoms with E-state index < -0.39 is 0 Å². The van der Waals surface area contributed by atoms with Crippen LogP contribution in [-0.4, -0.2) is 33.9 Å². The molecule has 2 fully saturated rings. The fraction of sp³-hybridized carbons (Fsp3) is 0.429. The Hall–Kier alpha value is -1.88. The zero-order valence-electron chi connectivity index (χ0n) is 10.5. The van der Waals surface area contributed by atoms with Crippen LogP contribution >= 0.6 is 0 Å². The minimum absolute atomic E-state index is 0.0167. The van der Waals surface area contributed by atoms with Crippen molar-refractivity contribution in [3.8, 4) is 0 Å². The first-order chi connectivity index (χ1) is 9.29. The summed E-state index contributed by atoms with van der Waals surface area (Å²) in [5.74, 6) is 0.760. The minimum atomic E-state index is 0.0167. The van der Waals surface area contributed by atoms with Crippen LogP contribution in [0.1, 0.15) is 23.2 Å². The maximum atomic E-state index is 12.3. The molecule has 98 valence electrons. The molecule has 2 bridgehead atoms. The number of hydrogen-bond donors (Lipinski definition) is 2. The highest BCUT2D eigenvalue weighted by Crippen LogP contribution is 2.31. The van der Waals surface area contributed by atoms with Gasteiger partial charge in [-0.15, -0.1) is 0 Å². The number of piperidine rings is 1. The number of pyridine rings is 1. The predicted octanol–water partition coefficient (Wildman–Crippen LogP) is 0.814. The number of aromatic nitrogens is 2. The van der Waals surface area contributed by atoms with E-state index in [0.29, 0.717) is 11.6 Å². The highest BCUT2D eigenvalue weighted by atomic mass is 16.1. The van der Waals surface area contributed by atoms with E-state index in [9.17, 15) is 4.79 Å². The molecule has 5 heteroatoms. The summed E-state index contributed by atoms with van der Waals surface area (Å²) in [6.45, 7) is 1.11. The van der Waals surface area contributed by atoms with Gasteiger partial charge in [-0.2, -0.15) is 0 Å². The lowest BCUT2D eigenvalue weighted by atomic mass is 10.1. The Morgan fingerprint density at radius 3 is 3.21 bits per heavy atom. The summed E-state index contributed by atoms with van der Waals surface area (Å²) < 4.78 is 1.90. The van der Waals surface area contributed by atoms with Gasteiger partial charge >= 0.3 is 0 Å². The molecular formula is C14H16N4O. The Kier molecular flexibility index (Phi) is 2.35. The molecule has 19 heavy (non-hydrogen) atoms. The van der Waals surface area contributed by atoms with Crippen molar-refractivity contribution >= 4 is 11.4 Å². The average Bonchev–Trinajstić information content (AvgIpc) is 3.13. The molecule has 3 atom stereocenters. The number of carbonyl (C=O) groups excluding carboxylic acids is 1. The van der Waals surface area contributed by atoms with E-state index in [2.05, 4.69) is 15.6 Å². The second kappa shape index (κ2) is 4.06. The van der Waals surface area contributed by atoms with Crippen molar-refractivity contribution in [2.24, 2.45) is 5.92 Å². The second-order valence-corrected chi connectivity index (χ2v) is 5.57. The van der Waals surface area contributed by atoms with Gasteiger partial charge in [0.1, 0.15) is 0 Å². The maximum Gasteiger partial charge on any atom is 0.251 e. The van der Waals surface area contributed by atoms with Gasteiger partial charge in [-0.3, -0.25) is 4.79 Å². The molecule has 1 aliphatic carbocycles. The Labute approximate surface area is 111 Å². The summed E-state index contributed by atoms with van der Waals surface area (Å²) in [6.07, 6.45) is 7.67. The number of amides is 1. The lowest BCUT2D eigenvalue weighted by molar-refractivity contribution is 0.0928. The van der Waals surface area contributed by atoms with Crippen LogP contribution in [0.3, 0.4) is 0 Å². The van der Waals surface area contributed by atoms with Gasteiger partial charge in [-0.1, -0.05) is 0 Å². The molecule has 1 saturated heterocycles. The molecule has 2 aliphatic rings. The van der Waals surface area contributed by atoms with Gasteiger partial charge in [0.2, 0.25) is 0 Å². The number of imidazole rings is 1. The van der Waals surface area contributed by atoms with E-state index in [-0.39, 0.29) is 11.9 Å². The van der Waals surface area contributed by atoms with Crippen LogP contribution in [-0.2, 0) is 0 Å². The molecule has 0 spiro atoms.